The molecule has 3 N–H and O–H groups in total. The molecule has 0 bridgehead atoms. The Hall–Kier alpha value is -1.30. The maximum absolute atomic E-state index is 12.0. The number of nitrogens with zero attached hydrogens (tertiary/aromatic N) is 1. The van der Waals surface area contributed by atoms with Crippen LogP contribution in [-0.2, 0) is 4.79 Å². The van der Waals surface area contributed by atoms with Gasteiger partial charge in [-0.25, -0.2) is 4.79 Å². The predicted molar refractivity (Wildman–Crippen MR) is 80.1 cm³/mol. The van der Waals surface area contributed by atoms with Crippen LogP contribution >= 0.6 is 0 Å². The summed E-state index contributed by atoms with van der Waals surface area (Å²) in [4.78, 5) is 24.0. The van der Waals surface area contributed by atoms with E-state index in [4.69, 9.17) is 5.11 Å². The van der Waals surface area contributed by atoms with Gasteiger partial charge < -0.3 is 20.4 Å². The predicted octanol–water partition coefficient (Wildman–Crippen LogP) is 1.97. The normalized spacial score (nSPS) is 21.8. The molecular weight excluding hydrogens is 272 g/mol. The number of likely N-dealkylation sites (N-methyl/N-ethyl adjacent to an activating group) is 1. The Morgan fingerprint density at radius 2 is 1.81 bits per heavy atom. The summed E-state index contributed by atoms with van der Waals surface area (Å²) in [5.41, 5.74) is 0. The van der Waals surface area contributed by atoms with Gasteiger partial charge in [0.1, 0.15) is 0 Å². The lowest BCUT2D eigenvalue weighted by molar-refractivity contribution is -0.137. The lowest BCUT2D eigenvalue weighted by Crippen LogP contribution is -2.50. The fraction of sp³-hybridized carbons (Fsp3) is 0.867. The lowest BCUT2D eigenvalue weighted by atomic mass is 9.92. The first-order chi connectivity index (χ1) is 10.0. The molecule has 2 unspecified atom stereocenters. The Morgan fingerprint density at radius 1 is 1.14 bits per heavy atom. The number of aliphatic carboxylic acids is 1. The van der Waals surface area contributed by atoms with Crippen molar-refractivity contribution in [2.24, 2.45) is 0 Å². The Kier molecular flexibility index (Phi) is 8.12. The average molecular weight is 300 g/mol. The van der Waals surface area contributed by atoms with E-state index in [1.54, 1.807) is 11.9 Å². The third-order valence-electron chi connectivity index (χ3n) is 4.11. The summed E-state index contributed by atoms with van der Waals surface area (Å²) in [5, 5.41) is 21.3. The highest BCUT2D eigenvalue weighted by Crippen LogP contribution is 2.22. The molecule has 1 rings (SSSR count). The van der Waals surface area contributed by atoms with E-state index in [2.05, 4.69) is 5.32 Å². The smallest absolute Gasteiger partial charge is 0.317 e. The zero-order valence-corrected chi connectivity index (χ0v) is 12.9. The second kappa shape index (κ2) is 9.60. The van der Waals surface area contributed by atoms with E-state index in [1.807, 2.05) is 0 Å². The molecule has 0 heterocycles. The molecule has 1 aliphatic carbocycles. The van der Waals surface area contributed by atoms with Crippen molar-refractivity contribution in [1.82, 2.24) is 10.2 Å². The van der Waals surface area contributed by atoms with E-state index in [0.717, 1.165) is 44.9 Å². The fourth-order valence-corrected chi connectivity index (χ4v) is 2.77. The third kappa shape index (κ3) is 6.80. The van der Waals surface area contributed by atoms with Crippen LogP contribution in [-0.4, -0.2) is 52.9 Å². The molecular formula is C15H28N2O4. The number of carboxylic acids is 1. The minimum Gasteiger partial charge on any atom is -0.481 e. The van der Waals surface area contributed by atoms with Gasteiger partial charge in [-0.15, -0.1) is 0 Å². The molecule has 0 aliphatic heterocycles. The maximum Gasteiger partial charge on any atom is 0.317 e. The second-order valence-electron chi connectivity index (χ2n) is 5.82. The van der Waals surface area contributed by atoms with Crippen molar-refractivity contribution in [2.75, 3.05) is 13.6 Å². The number of hydrogen-bond acceptors (Lipinski definition) is 3. The minimum absolute atomic E-state index is 0.0747. The van der Waals surface area contributed by atoms with E-state index in [0.29, 0.717) is 13.0 Å². The van der Waals surface area contributed by atoms with Gasteiger partial charge in [0.25, 0.3) is 0 Å². The first-order valence-corrected chi connectivity index (χ1v) is 7.93. The van der Waals surface area contributed by atoms with Crippen LogP contribution in [0.5, 0.6) is 0 Å². The van der Waals surface area contributed by atoms with Gasteiger partial charge in [-0.1, -0.05) is 25.7 Å². The molecule has 6 heteroatoms. The number of aliphatic hydroxyl groups is 1. The summed E-state index contributed by atoms with van der Waals surface area (Å²) in [5.74, 6) is -0.754. The third-order valence-corrected chi connectivity index (χ3v) is 4.11. The number of aliphatic hydroxyl groups excluding tert-OH is 1. The number of rotatable bonds is 8. The van der Waals surface area contributed by atoms with Crippen molar-refractivity contribution in [3.8, 4) is 0 Å². The molecule has 0 aromatic rings. The summed E-state index contributed by atoms with van der Waals surface area (Å²) < 4.78 is 0. The van der Waals surface area contributed by atoms with Crippen molar-refractivity contribution < 1.29 is 19.8 Å². The number of urea groups is 1. The van der Waals surface area contributed by atoms with Crippen LogP contribution in [0.3, 0.4) is 0 Å². The van der Waals surface area contributed by atoms with Crippen LogP contribution in [0, 0.1) is 0 Å². The maximum atomic E-state index is 12.0. The molecule has 6 nitrogen and oxygen atoms in total. The quantitative estimate of drug-likeness (QED) is 0.598. The van der Waals surface area contributed by atoms with Crippen molar-refractivity contribution >= 4 is 12.0 Å². The van der Waals surface area contributed by atoms with Crippen molar-refractivity contribution in [3.63, 3.8) is 0 Å². The number of hydrogen-bond donors (Lipinski definition) is 3. The van der Waals surface area contributed by atoms with Gasteiger partial charge >= 0.3 is 12.0 Å². The van der Waals surface area contributed by atoms with Crippen LogP contribution in [0.25, 0.3) is 0 Å². The number of amides is 2. The van der Waals surface area contributed by atoms with Gasteiger partial charge in [-0.3, -0.25) is 4.79 Å². The number of nitrogens with one attached hydrogen (secondary N) is 1. The zero-order valence-electron chi connectivity index (χ0n) is 12.9. The molecule has 2 amide bonds. The fourth-order valence-electron chi connectivity index (χ4n) is 2.77. The zero-order chi connectivity index (χ0) is 15.7. The van der Waals surface area contributed by atoms with Crippen LogP contribution in [0.2, 0.25) is 0 Å². The summed E-state index contributed by atoms with van der Waals surface area (Å²) in [6.45, 7) is 0.596. The highest BCUT2D eigenvalue weighted by molar-refractivity contribution is 5.74. The topological polar surface area (TPSA) is 89.9 Å². The Balaban J connectivity index is 2.11. The molecule has 1 saturated carbocycles. The van der Waals surface area contributed by atoms with Crippen LogP contribution in [0.4, 0.5) is 4.79 Å². The SMILES string of the molecule is CN(C(=O)NCCCCCCC(=O)O)C1CCCCC1O. The van der Waals surface area contributed by atoms with Crippen molar-refractivity contribution in [2.45, 2.75) is 69.9 Å². The van der Waals surface area contributed by atoms with Gasteiger partial charge in [-0.05, 0) is 25.7 Å². The van der Waals surface area contributed by atoms with Gasteiger partial charge in [0.05, 0.1) is 12.1 Å². The average Bonchev–Trinajstić information content (AvgIpc) is 2.45. The van der Waals surface area contributed by atoms with Gasteiger partial charge in [0.15, 0.2) is 0 Å². The van der Waals surface area contributed by atoms with E-state index < -0.39 is 12.1 Å². The Labute approximate surface area is 126 Å². The van der Waals surface area contributed by atoms with Crippen LogP contribution in [0.1, 0.15) is 57.8 Å². The molecule has 0 aromatic heterocycles. The van der Waals surface area contributed by atoms with E-state index in [-0.39, 0.29) is 18.5 Å². The molecule has 21 heavy (non-hydrogen) atoms. The minimum atomic E-state index is -0.754. The first kappa shape index (κ1) is 17.8. The molecule has 0 saturated heterocycles. The molecule has 122 valence electrons. The summed E-state index contributed by atoms with van der Waals surface area (Å²) in [6.07, 6.45) is 6.87. The standard InChI is InChI=1S/C15H28N2O4/c1-17(12-8-5-6-9-13(12)18)15(21)16-11-7-3-2-4-10-14(19)20/h12-13,18H,2-11H2,1H3,(H,16,21)(H,19,20). The monoisotopic (exact) mass is 300 g/mol. The highest BCUT2D eigenvalue weighted by atomic mass is 16.4. The molecule has 0 radical (unpaired) electrons. The second-order valence-corrected chi connectivity index (χ2v) is 5.82. The van der Waals surface area contributed by atoms with Gasteiger partial charge in [0, 0.05) is 20.0 Å². The summed E-state index contributed by atoms with van der Waals surface area (Å²) in [7, 11) is 1.74. The molecule has 1 aliphatic rings. The number of carbonyl (C=O) groups is 2. The molecule has 0 spiro atoms. The van der Waals surface area contributed by atoms with Crippen LogP contribution in [0.15, 0.2) is 0 Å². The van der Waals surface area contributed by atoms with Crippen molar-refractivity contribution in [3.05, 3.63) is 0 Å². The van der Waals surface area contributed by atoms with E-state index in [9.17, 15) is 14.7 Å². The molecule has 2 atom stereocenters. The number of carbonyl (C=O) groups excluding carboxylic acids is 1. The summed E-state index contributed by atoms with van der Waals surface area (Å²) in [6, 6.07) is -0.208. The first-order valence-electron chi connectivity index (χ1n) is 7.93. The highest BCUT2D eigenvalue weighted by Gasteiger charge is 2.29. The lowest BCUT2D eigenvalue weighted by Gasteiger charge is -2.35. The van der Waals surface area contributed by atoms with Gasteiger partial charge in [0.2, 0.25) is 0 Å². The van der Waals surface area contributed by atoms with E-state index >= 15 is 0 Å². The van der Waals surface area contributed by atoms with Gasteiger partial charge in [-0.2, -0.15) is 0 Å². The number of unbranched alkanes of at least 4 members (excludes halogenated alkanes) is 3. The Bertz CT molecular complexity index is 336. The number of carboxylic acid groups (broad SMARTS) is 1. The Morgan fingerprint density at radius 3 is 2.48 bits per heavy atom. The summed E-state index contributed by atoms with van der Waals surface area (Å²) >= 11 is 0. The van der Waals surface area contributed by atoms with E-state index in [1.165, 1.54) is 0 Å². The van der Waals surface area contributed by atoms with Crippen LogP contribution < -0.4 is 5.32 Å². The molecule has 0 aromatic carbocycles. The largest absolute Gasteiger partial charge is 0.481 e. The van der Waals surface area contributed by atoms with Crippen molar-refractivity contribution in [1.29, 1.82) is 0 Å². The molecule has 1 fully saturated rings.